The van der Waals surface area contributed by atoms with Crippen LogP contribution in [0, 0.1) is 19.3 Å². The summed E-state index contributed by atoms with van der Waals surface area (Å²) in [5.41, 5.74) is 1.38. The van der Waals surface area contributed by atoms with Gasteiger partial charge in [-0.15, -0.1) is 0 Å². The van der Waals surface area contributed by atoms with Crippen molar-refractivity contribution in [2.45, 2.75) is 41.0 Å². The first kappa shape index (κ1) is 12.0. The van der Waals surface area contributed by atoms with E-state index < -0.39 is 0 Å². The molecule has 0 spiro atoms. The topological polar surface area (TPSA) is 37.8 Å². The molecule has 1 heterocycles. The molecule has 0 amide bonds. The number of nitrogens with one attached hydrogen (secondary N) is 1. The van der Waals surface area contributed by atoms with Gasteiger partial charge in [0.2, 0.25) is 0 Å². The van der Waals surface area contributed by atoms with Crippen molar-refractivity contribution < 1.29 is 0 Å². The van der Waals surface area contributed by atoms with Gasteiger partial charge in [0.1, 0.15) is 11.6 Å². The maximum Gasteiger partial charge on any atom is 0.129 e. The Morgan fingerprint density at radius 1 is 1.20 bits per heavy atom. The van der Waals surface area contributed by atoms with Crippen LogP contribution in [0.1, 0.15) is 38.7 Å². The minimum Gasteiger partial charge on any atom is -0.370 e. The minimum atomic E-state index is 0.365. The number of hydrogen-bond donors (Lipinski definition) is 1. The highest BCUT2D eigenvalue weighted by Crippen LogP contribution is 2.18. The highest BCUT2D eigenvalue weighted by Gasteiger charge is 2.09. The SMILES string of the molecule is Cc1cc(NCCC(C)(C)C)nc(C)n1. The molecule has 1 N–H and O–H groups in total. The quantitative estimate of drug-likeness (QED) is 0.828. The van der Waals surface area contributed by atoms with E-state index in [0.29, 0.717) is 5.41 Å². The van der Waals surface area contributed by atoms with Crippen molar-refractivity contribution in [1.29, 1.82) is 0 Å². The van der Waals surface area contributed by atoms with Gasteiger partial charge in [0, 0.05) is 18.3 Å². The lowest BCUT2D eigenvalue weighted by molar-refractivity contribution is 0.389. The van der Waals surface area contributed by atoms with Crippen LogP contribution >= 0.6 is 0 Å². The average molecular weight is 207 g/mol. The van der Waals surface area contributed by atoms with Gasteiger partial charge in [-0.1, -0.05) is 20.8 Å². The zero-order chi connectivity index (χ0) is 11.5. The van der Waals surface area contributed by atoms with Crippen molar-refractivity contribution in [3.63, 3.8) is 0 Å². The summed E-state index contributed by atoms with van der Waals surface area (Å²) in [5, 5.41) is 3.33. The first-order valence-corrected chi connectivity index (χ1v) is 5.43. The molecule has 15 heavy (non-hydrogen) atoms. The van der Waals surface area contributed by atoms with Gasteiger partial charge in [-0.05, 0) is 25.7 Å². The molecular formula is C12H21N3. The van der Waals surface area contributed by atoms with Gasteiger partial charge in [0.05, 0.1) is 0 Å². The molecule has 0 aliphatic carbocycles. The molecule has 0 unspecified atom stereocenters. The highest BCUT2D eigenvalue weighted by molar-refractivity contribution is 5.35. The standard InChI is InChI=1S/C12H21N3/c1-9-8-11(15-10(2)14-9)13-7-6-12(3,4)5/h8H,6-7H2,1-5H3,(H,13,14,15). The van der Waals surface area contributed by atoms with Crippen LogP contribution in [0.25, 0.3) is 0 Å². The number of aromatic nitrogens is 2. The van der Waals surface area contributed by atoms with Gasteiger partial charge < -0.3 is 5.32 Å². The maximum absolute atomic E-state index is 4.33. The van der Waals surface area contributed by atoms with Crippen molar-refractivity contribution in [1.82, 2.24) is 9.97 Å². The molecule has 0 fully saturated rings. The van der Waals surface area contributed by atoms with Gasteiger partial charge in [-0.25, -0.2) is 9.97 Å². The molecule has 0 bridgehead atoms. The van der Waals surface area contributed by atoms with Gasteiger partial charge in [-0.3, -0.25) is 0 Å². The van der Waals surface area contributed by atoms with Gasteiger partial charge >= 0.3 is 0 Å². The van der Waals surface area contributed by atoms with E-state index in [0.717, 1.165) is 30.3 Å². The Hall–Kier alpha value is -1.12. The van der Waals surface area contributed by atoms with Crippen LogP contribution in [-0.4, -0.2) is 16.5 Å². The van der Waals surface area contributed by atoms with Crippen LogP contribution < -0.4 is 5.32 Å². The molecule has 0 aromatic carbocycles. The summed E-state index contributed by atoms with van der Waals surface area (Å²) >= 11 is 0. The molecule has 0 saturated carbocycles. The monoisotopic (exact) mass is 207 g/mol. The Kier molecular flexibility index (Phi) is 3.66. The fourth-order valence-corrected chi connectivity index (χ4v) is 1.37. The van der Waals surface area contributed by atoms with Crippen molar-refractivity contribution in [2.24, 2.45) is 5.41 Å². The van der Waals surface area contributed by atoms with E-state index in [1.165, 1.54) is 0 Å². The lowest BCUT2D eigenvalue weighted by atomic mass is 9.92. The summed E-state index contributed by atoms with van der Waals surface area (Å²) in [7, 11) is 0. The van der Waals surface area contributed by atoms with Crippen molar-refractivity contribution in [3.05, 3.63) is 17.6 Å². The molecule has 0 saturated heterocycles. The van der Waals surface area contributed by atoms with Gasteiger partial charge in [-0.2, -0.15) is 0 Å². The summed E-state index contributed by atoms with van der Waals surface area (Å²) in [6, 6.07) is 1.98. The molecule has 3 heteroatoms. The third-order valence-corrected chi connectivity index (χ3v) is 2.15. The number of aryl methyl sites for hydroxylation is 2. The van der Waals surface area contributed by atoms with Gasteiger partial charge in [0.15, 0.2) is 0 Å². The van der Waals surface area contributed by atoms with Gasteiger partial charge in [0.25, 0.3) is 0 Å². The largest absolute Gasteiger partial charge is 0.370 e. The molecule has 0 atom stereocenters. The Bertz CT molecular complexity index is 306. The zero-order valence-corrected chi connectivity index (χ0v) is 10.4. The van der Waals surface area contributed by atoms with Crippen LogP contribution in [0.3, 0.4) is 0 Å². The molecule has 1 aromatic rings. The smallest absolute Gasteiger partial charge is 0.129 e. The summed E-state index contributed by atoms with van der Waals surface area (Å²) < 4.78 is 0. The number of nitrogens with zero attached hydrogens (tertiary/aromatic N) is 2. The predicted octanol–water partition coefficient (Wildman–Crippen LogP) is 2.94. The van der Waals surface area contributed by atoms with E-state index in [4.69, 9.17) is 0 Å². The first-order chi connectivity index (χ1) is 6.87. The Labute approximate surface area is 92.3 Å². The van der Waals surface area contributed by atoms with E-state index >= 15 is 0 Å². The molecule has 84 valence electrons. The van der Waals surface area contributed by atoms with Crippen LogP contribution in [0.15, 0.2) is 6.07 Å². The third-order valence-electron chi connectivity index (χ3n) is 2.15. The lowest BCUT2D eigenvalue weighted by Crippen LogP contribution is -2.13. The maximum atomic E-state index is 4.33. The number of hydrogen-bond acceptors (Lipinski definition) is 3. The summed E-state index contributed by atoms with van der Waals surface area (Å²) in [6.07, 6.45) is 1.13. The van der Waals surface area contributed by atoms with Crippen molar-refractivity contribution in [2.75, 3.05) is 11.9 Å². The van der Waals surface area contributed by atoms with E-state index in [2.05, 4.69) is 36.1 Å². The van der Waals surface area contributed by atoms with E-state index in [9.17, 15) is 0 Å². The van der Waals surface area contributed by atoms with Crippen LogP contribution in [0.2, 0.25) is 0 Å². The zero-order valence-electron chi connectivity index (χ0n) is 10.4. The molecule has 0 aliphatic heterocycles. The normalized spacial score (nSPS) is 11.5. The van der Waals surface area contributed by atoms with Crippen LogP contribution in [-0.2, 0) is 0 Å². The molecule has 1 rings (SSSR count). The predicted molar refractivity (Wildman–Crippen MR) is 64.1 cm³/mol. The van der Waals surface area contributed by atoms with Crippen molar-refractivity contribution in [3.8, 4) is 0 Å². The average Bonchev–Trinajstić information content (AvgIpc) is 1.99. The van der Waals surface area contributed by atoms with E-state index in [1.807, 2.05) is 19.9 Å². The second kappa shape index (κ2) is 4.60. The third kappa shape index (κ3) is 4.77. The Morgan fingerprint density at radius 2 is 1.87 bits per heavy atom. The van der Waals surface area contributed by atoms with E-state index in [1.54, 1.807) is 0 Å². The molecular weight excluding hydrogens is 186 g/mol. The second-order valence-corrected chi connectivity index (χ2v) is 5.18. The summed E-state index contributed by atoms with van der Waals surface area (Å²) in [5.74, 6) is 1.76. The fourth-order valence-electron chi connectivity index (χ4n) is 1.37. The first-order valence-electron chi connectivity index (χ1n) is 5.43. The fraction of sp³-hybridized carbons (Fsp3) is 0.667. The summed E-state index contributed by atoms with van der Waals surface area (Å²) in [4.78, 5) is 8.57. The van der Waals surface area contributed by atoms with Crippen molar-refractivity contribution >= 4 is 5.82 Å². The highest BCUT2D eigenvalue weighted by atomic mass is 15.0. The molecule has 0 radical (unpaired) electrons. The van der Waals surface area contributed by atoms with Crippen LogP contribution in [0.4, 0.5) is 5.82 Å². The molecule has 1 aromatic heterocycles. The Morgan fingerprint density at radius 3 is 2.40 bits per heavy atom. The molecule has 0 aliphatic rings. The number of rotatable bonds is 3. The second-order valence-electron chi connectivity index (χ2n) is 5.18. The summed E-state index contributed by atoms with van der Waals surface area (Å²) in [6.45, 7) is 11.6. The van der Waals surface area contributed by atoms with Crippen LogP contribution in [0.5, 0.6) is 0 Å². The molecule has 3 nitrogen and oxygen atoms in total. The van der Waals surface area contributed by atoms with E-state index in [-0.39, 0.29) is 0 Å². The lowest BCUT2D eigenvalue weighted by Gasteiger charge is -2.18. The minimum absolute atomic E-state index is 0.365. The number of anilines is 1. The Balaban J connectivity index is 2.51.